The van der Waals surface area contributed by atoms with Crippen LogP contribution in [0.4, 0.5) is 0 Å². The number of aliphatic hydroxyl groups is 1. The highest BCUT2D eigenvalue weighted by Crippen LogP contribution is 2.40. The van der Waals surface area contributed by atoms with Crippen LogP contribution in [0.1, 0.15) is 12.8 Å². The lowest BCUT2D eigenvalue weighted by molar-refractivity contribution is 0.0540. The van der Waals surface area contributed by atoms with E-state index in [0.717, 1.165) is 6.42 Å². The Balaban J connectivity index is 2.18. The largest absolute Gasteiger partial charge is 0.389 e. The van der Waals surface area contributed by atoms with Gasteiger partial charge in [0.25, 0.3) is 0 Å². The van der Waals surface area contributed by atoms with E-state index in [-0.39, 0.29) is 30.1 Å². The molecule has 0 aromatic heterocycles. The van der Waals surface area contributed by atoms with E-state index < -0.39 is 0 Å². The number of nitriles is 1. The standard InChI is InChI=1S/C12H15NO2/c1-2-3-11-10-6-8(14)4-5-9(10)12(7-13)15-11/h2,4-5,8-12,14H,1,3,6H2/t8-,9+,10-,11+,12-/m0/s1. The highest BCUT2D eigenvalue weighted by molar-refractivity contribution is 5.14. The Morgan fingerprint density at radius 3 is 3.07 bits per heavy atom. The molecule has 0 aromatic carbocycles. The molecule has 3 nitrogen and oxygen atoms in total. The maximum atomic E-state index is 9.55. The molecule has 0 spiro atoms. The molecular formula is C12H15NO2. The second kappa shape index (κ2) is 4.18. The van der Waals surface area contributed by atoms with Crippen LogP contribution in [0.3, 0.4) is 0 Å². The van der Waals surface area contributed by atoms with E-state index in [9.17, 15) is 5.11 Å². The van der Waals surface area contributed by atoms with Gasteiger partial charge in [-0.15, -0.1) is 6.58 Å². The first-order valence-electron chi connectivity index (χ1n) is 5.28. The van der Waals surface area contributed by atoms with Crippen molar-refractivity contribution in [2.45, 2.75) is 31.2 Å². The number of aliphatic hydroxyl groups excluding tert-OH is 1. The van der Waals surface area contributed by atoms with Crippen LogP contribution in [-0.2, 0) is 4.74 Å². The maximum absolute atomic E-state index is 9.55. The van der Waals surface area contributed by atoms with Crippen molar-refractivity contribution in [1.29, 1.82) is 5.26 Å². The van der Waals surface area contributed by atoms with Crippen molar-refractivity contribution in [3.8, 4) is 6.07 Å². The van der Waals surface area contributed by atoms with Crippen molar-refractivity contribution in [2.24, 2.45) is 11.8 Å². The van der Waals surface area contributed by atoms with E-state index in [4.69, 9.17) is 10.00 Å². The molecule has 1 aliphatic carbocycles. The molecule has 0 amide bonds. The zero-order valence-electron chi connectivity index (χ0n) is 8.54. The highest BCUT2D eigenvalue weighted by Gasteiger charge is 2.44. The molecule has 1 N–H and O–H groups in total. The number of nitrogens with zero attached hydrogens (tertiary/aromatic N) is 1. The topological polar surface area (TPSA) is 53.2 Å². The predicted octanol–water partition coefficient (Wildman–Crippen LogP) is 1.41. The van der Waals surface area contributed by atoms with Crippen LogP contribution >= 0.6 is 0 Å². The SMILES string of the molecule is C=CC[C@H]1O[C@@H](C#N)[C@@H]2C=C[C@H](O)C[C@@H]21. The van der Waals surface area contributed by atoms with Gasteiger partial charge in [-0.1, -0.05) is 18.2 Å². The summed E-state index contributed by atoms with van der Waals surface area (Å²) in [6.07, 6.45) is 6.24. The number of ether oxygens (including phenoxy) is 1. The maximum Gasteiger partial charge on any atom is 0.150 e. The van der Waals surface area contributed by atoms with Gasteiger partial charge in [0, 0.05) is 5.92 Å². The van der Waals surface area contributed by atoms with Crippen LogP contribution in [0.5, 0.6) is 0 Å². The molecular weight excluding hydrogens is 190 g/mol. The van der Waals surface area contributed by atoms with Crippen LogP contribution < -0.4 is 0 Å². The quantitative estimate of drug-likeness (QED) is 0.693. The number of hydrogen-bond acceptors (Lipinski definition) is 3. The zero-order valence-corrected chi connectivity index (χ0v) is 8.54. The van der Waals surface area contributed by atoms with Gasteiger partial charge in [0.05, 0.1) is 18.3 Å². The molecule has 0 bridgehead atoms. The predicted molar refractivity (Wildman–Crippen MR) is 55.8 cm³/mol. The fourth-order valence-corrected chi connectivity index (χ4v) is 2.53. The Kier molecular flexibility index (Phi) is 2.90. The average Bonchev–Trinajstić information content (AvgIpc) is 2.57. The summed E-state index contributed by atoms with van der Waals surface area (Å²) in [5, 5.41) is 18.5. The third-order valence-electron chi connectivity index (χ3n) is 3.24. The summed E-state index contributed by atoms with van der Waals surface area (Å²) in [7, 11) is 0. The number of hydrogen-bond donors (Lipinski definition) is 1. The monoisotopic (exact) mass is 205 g/mol. The fourth-order valence-electron chi connectivity index (χ4n) is 2.53. The average molecular weight is 205 g/mol. The Morgan fingerprint density at radius 1 is 1.60 bits per heavy atom. The lowest BCUT2D eigenvalue weighted by Gasteiger charge is -2.25. The van der Waals surface area contributed by atoms with Gasteiger partial charge in [0.1, 0.15) is 0 Å². The van der Waals surface area contributed by atoms with Crippen LogP contribution in [-0.4, -0.2) is 23.4 Å². The third kappa shape index (κ3) is 1.83. The van der Waals surface area contributed by atoms with Gasteiger partial charge in [-0.25, -0.2) is 0 Å². The molecule has 15 heavy (non-hydrogen) atoms. The van der Waals surface area contributed by atoms with Crippen molar-refractivity contribution in [2.75, 3.05) is 0 Å². The molecule has 5 atom stereocenters. The molecule has 1 fully saturated rings. The Bertz CT molecular complexity index is 318. The Morgan fingerprint density at radius 2 is 2.40 bits per heavy atom. The molecule has 2 rings (SSSR count). The van der Waals surface area contributed by atoms with Gasteiger partial charge in [0.2, 0.25) is 0 Å². The summed E-state index contributed by atoms with van der Waals surface area (Å²) in [6.45, 7) is 3.69. The number of fused-ring (bicyclic) bond motifs is 1. The van der Waals surface area contributed by atoms with Crippen LogP contribution in [0.15, 0.2) is 24.8 Å². The Hall–Kier alpha value is -1.11. The molecule has 0 radical (unpaired) electrons. The molecule has 0 unspecified atom stereocenters. The zero-order chi connectivity index (χ0) is 10.8. The van der Waals surface area contributed by atoms with E-state index >= 15 is 0 Å². The lowest BCUT2D eigenvalue weighted by Crippen LogP contribution is -2.28. The second-order valence-electron chi connectivity index (χ2n) is 4.18. The van der Waals surface area contributed by atoms with E-state index in [1.807, 2.05) is 12.2 Å². The Labute approximate surface area is 89.7 Å². The van der Waals surface area contributed by atoms with E-state index in [1.54, 1.807) is 6.08 Å². The van der Waals surface area contributed by atoms with Crippen LogP contribution in [0.2, 0.25) is 0 Å². The van der Waals surface area contributed by atoms with Crippen molar-refractivity contribution >= 4 is 0 Å². The van der Waals surface area contributed by atoms with Gasteiger partial charge >= 0.3 is 0 Å². The smallest absolute Gasteiger partial charge is 0.150 e. The molecule has 2 aliphatic rings. The summed E-state index contributed by atoms with van der Waals surface area (Å²) in [6, 6.07) is 2.18. The van der Waals surface area contributed by atoms with Crippen molar-refractivity contribution in [3.05, 3.63) is 24.8 Å². The molecule has 1 heterocycles. The van der Waals surface area contributed by atoms with Crippen molar-refractivity contribution in [3.63, 3.8) is 0 Å². The summed E-state index contributed by atoms with van der Waals surface area (Å²) in [5.41, 5.74) is 0. The fraction of sp³-hybridized carbons (Fsp3) is 0.583. The molecule has 1 aliphatic heterocycles. The van der Waals surface area contributed by atoms with Gasteiger partial charge in [0.15, 0.2) is 6.10 Å². The first kappa shape index (κ1) is 10.4. The minimum absolute atomic E-state index is 0.0387. The highest BCUT2D eigenvalue weighted by atomic mass is 16.5. The minimum Gasteiger partial charge on any atom is -0.389 e. The molecule has 0 saturated carbocycles. The van der Waals surface area contributed by atoms with Gasteiger partial charge in [-0.2, -0.15) is 5.26 Å². The van der Waals surface area contributed by atoms with Crippen LogP contribution in [0, 0.1) is 23.2 Å². The summed E-state index contributed by atoms with van der Waals surface area (Å²) in [4.78, 5) is 0. The molecule has 3 heteroatoms. The summed E-state index contributed by atoms with van der Waals surface area (Å²) >= 11 is 0. The van der Waals surface area contributed by atoms with Crippen LogP contribution in [0.25, 0.3) is 0 Å². The summed E-state index contributed by atoms with van der Waals surface area (Å²) < 4.78 is 5.65. The van der Waals surface area contributed by atoms with Gasteiger partial charge < -0.3 is 9.84 Å². The first-order valence-corrected chi connectivity index (χ1v) is 5.28. The van der Waals surface area contributed by atoms with E-state index in [1.165, 1.54) is 0 Å². The van der Waals surface area contributed by atoms with Crippen molar-refractivity contribution in [1.82, 2.24) is 0 Å². The number of rotatable bonds is 2. The molecule has 0 aromatic rings. The van der Waals surface area contributed by atoms with Gasteiger partial charge in [-0.05, 0) is 18.8 Å². The van der Waals surface area contributed by atoms with Crippen molar-refractivity contribution < 1.29 is 9.84 Å². The summed E-state index contributed by atoms with van der Waals surface area (Å²) in [5.74, 6) is 0.399. The molecule has 80 valence electrons. The first-order chi connectivity index (χ1) is 7.26. The van der Waals surface area contributed by atoms with E-state index in [2.05, 4.69) is 12.6 Å². The molecule has 1 saturated heterocycles. The lowest BCUT2D eigenvalue weighted by atomic mass is 9.78. The third-order valence-corrected chi connectivity index (χ3v) is 3.24. The normalized spacial score (nSPS) is 43.3. The minimum atomic E-state index is -0.389. The van der Waals surface area contributed by atoms with Gasteiger partial charge in [-0.3, -0.25) is 0 Å². The van der Waals surface area contributed by atoms with E-state index in [0.29, 0.717) is 6.42 Å². The second-order valence-corrected chi connectivity index (χ2v) is 4.18.